The van der Waals surface area contributed by atoms with Gasteiger partial charge < -0.3 is 84.4 Å². The van der Waals surface area contributed by atoms with Gasteiger partial charge in [0.15, 0.2) is 0 Å². The molecule has 35 heteroatoms. The van der Waals surface area contributed by atoms with Crippen molar-refractivity contribution in [2.45, 2.75) is 35.9 Å². The largest absolute Gasteiger partial charge is 0.355 e. The van der Waals surface area contributed by atoms with Gasteiger partial charge in [-0.2, -0.15) is 0 Å². The molecule has 27 nitrogen and oxygen atoms in total. The van der Waals surface area contributed by atoms with Crippen LogP contribution in [0.25, 0.3) is 0 Å². The maximum absolute atomic E-state index is 11.2. The maximum Gasteiger partial charge on any atom is 0.355 e. The molecule has 0 unspecified atom stereocenters. The van der Waals surface area contributed by atoms with E-state index in [9.17, 15) is 36.5 Å². The molecule has 0 atom stereocenters. The Balaban J connectivity index is -0.000000727. The van der Waals surface area contributed by atoms with Gasteiger partial charge in [0.2, 0.25) is 22.1 Å². The lowest BCUT2D eigenvalue weighted by atomic mass is 10.7. The Morgan fingerprint density at radius 3 is 0.488 bits per heavy atom. The summed E-state index contributed by atoms with van der Waals surface area (Å²) in [5.74, 6) is 0. The van der Waals surface area contributed by atoms with E-state index in [1.165, 1.54) is 0 Å². The Morgan fingerprint density at radius 1 is 0.349 bits per heavy atom. The van der Waals surface area contributed by atoms with Gasteiger partial charge in [-0.3, -0.25) is 46.3 Å². The molecule has 0 aromatic carbocycles. The van der Waals surface area contributed by atoms with Crippen molar-refractivity contribution >= 4 is 60.8 Å². The van der Waals surface area contributed by atoms with Gasteiger partial charge in [-0.1, -0.05) is 13.8 Å². The fourth-order valence-corrected chi connectivity index (χ4v) is 15.8. The average Bonchev–Trinajstić information content (AvgIpc) is 2.57. The van der Waals surface area contributed by atoms with Crippen LogP contribution in [-0.2, 0) is 36.5 Å². The predicted octanol–water partition coefficient (Wildman–Crippen LogP) is -2.67. The second-order valence-corrected chi connectivity index (χ2v) is 22.7. The molecule has 0 heterocycles. The van der Waals surface area contributed by atoms with Crippen molar-refractivity contribution in [2.75, 3.05) is 13.1 Å². The molecule has 0 aromatic heterocycles. The highest BCUT2D eigenvalue weighted by molar-refractivity contribution is 7.73. The van der Waals surface area contributed by atoms with Gasteiger partial charge in [0.25, 0.3) is 0 Å². The highest BCUT2D eigenvalue weighted by atomic mass is 31.3. The molecule has 43 heavy (non-hydrogen) atoms. The molecular weight excluding hydrogens is 770 g/mol. The molecule has 0 rings (SSSR count). The number of rotatable bonds is 14. The average molecular weight is 803 g/mol. The van der Waals surface area contributed by atoms with Crippen LogP contribution >= 0.6 is 60.8 Å². The van der Waals surface area contributed by atoms with E-state index in [1.54, 1.807) is 0 Å². The normalized spacial score (nSPS) is 14.9. The first-order valence-electron chi connectivity index (χ1n) is 9.81. The van der Waals surface area contributed by atoms with E-state index in [-0.39, 0.29) is 16.0 Å². The molecule has 0 fully saturated rings. The van der Waals surface area contributed by atoms with Crippen molar-refractivity contribution in [3.63, 3.8) is 0 Å². The Hall–Kier alpha value is 1.08. The lowest BCUT2D eigenvalue weighted by Crippen LogP contribution is -2.42. The molecular formula is C8H33N3O24P8. The second-order valence-electron chi connectivity index (χ2n) is 7.76. The lowest BCUT2D eigenvalue weighted by Gasteiger charge is -2.37. The summed E-state index contributed by atoms with van der Waals surface area (Å²) in [5, 5.41) is 0. The minimum atomic E-state index is -5.69. The fourth-order valence-electron chi connectivity index (χ4n) is 3.22. The zero-order chi connectivity index (χ0) is 34.9. The van der Waals surface area contributed by atoms with Gasteiger partial charge in [-0.25, -0.2) is 0 Å². The van der Waals surface area contributed by atoms with E-state index in [1.807, 2.05) is 0 Å². The molecule has 0 saturated carbocycles. The summed E-state index contributed by atoms with van der Waals surface area (Å²) in [6.45, 7) is 0.191. The molecule has 0 amide bonds. The molecule has 0 aliphatic carbocycles. The van der Waals surface area contributed by atoms with E-state index in [0.29, 0.717) is 0 Å². The molecule has 0 aromatic rings. The smallest absolute Gasteiger partial charge is 0.344 e. The van der Waals surface area contributed by atoms with Crippen molar-refractivity contribution < 1.29 is 115 Å². The lowest BCUT2D eigenvalue weighted by molar-refractivity contribution is 0.203. The van der Waals surface area contributed by atoms with Crippen molar-refractivity contribution in [3.8, 4) is 0 Å². The van der Waals surface area contributed by atoms with Crippen LogP contribution in [0, 0.1) is 0 Å². The number of hydrogen-bond acceptors (Lipinski definition) is 11. The first-order chi connectivity index (χ1) is 17.9. The Morgan fingerprint density at radius 2 is 0.442 bits per heavy atom. The Labute approximate surface area is 240 Å². The minimum Gasteiger partial charge on any atom is -0.344 e. The third-order valence-electron chi connectivity index (χ3n) is 4.32. The molecule has 0 bridgehead atoms. The van der Waals surface area contributed by atoms with E-state index < -0.39 is 96.0 Å². The Bertz CT molecular complexity index is 1020. The molecule has 0 aliphatic heterocycles. The summed E-state index contributed by atoms with van der Waals surface area (Å²) < 4.78 is 89.5. The van der Waals surface area contributed by atoms with Crippen LogP contribution in [0.3, 0.4) is 0 Å². The number of hydrogen-bond donors (Lipinski definition) is 17. The van der Waals surface area contributed by atoms with Crippen molar-refractivity contribution in [2.24, 2.45) is 0 Å². The fraction of sp³-hybridized carbons (Fsp3) is 1.00. The number of nitrogens with zero attached hydrogens (tertiary/aromatic N) is 2. The van der Waals surface area contributed by atoms with Crippen LogP contribution < -0.4 is 6.15 Å². The zero-order valence-electron chi connectivity index (χ0n) is 21.3. The summed E-state index contributed by atoms with van der Waals surface area (Å²) in [7, 11) is -45.5. The van der Waals surface area contributed by atoms with Crippen molar-refractivity contribution in [1.82, 2.24) is 16.0 Å². The topological polar surface area (TPSA) is 502 Å². The van der Waals surface area contributed by atoms with E-state index >= 15 is 0 Å². The highest BCUT2D eigenvalue weighted by Crippen LogP contribution is 2.70. The van der Waals surface area contributed by atoms with Crippen LogP contribution in [0.2, 0.25) is 0 Å². The van der Waals surface area contributed by atoms with Gasteiger partial charge in [-0.05, 0) is 13.1 Å². The summed E-state index contributed by atoms with van der Waals surface area (Å²) in [6.07, 6.45) is 0. The molecule has 0 spiro atoms. The maximum atomic E-state index is 11.2. The van der Waals surface area contributed by atoms with E-state index in [0.717, 1.165) is 13.8 Å². The zero-order valence-corrected chi connectivity index (χ0v) is 28.5. The standard InChI is InChI=1S/2C4H15NO12P4.H3N/c2*1-2-5(3(18(6,7)8)19(9,10)11)4(20(12,13)14)21(15,16)17;/h2*3-4H,2H2,1H3,(H2,6,7,8)(H2,9,10,11)(H2,12,13,14)(H2,15,16,17);1H3. The monoisotopic (exact) mass is 803 g/mol. The molecule has 0 radical (unpaired) electrons. The van der Waals surface area contributed by atoms with Gasteiger partial charge in [0.1, 0.15) is 0 Å². The van der Waals surface area contributed by atoms with Crippen LogP contribution in [0.4, 0.5) is 0 Å². The van der Waals surface area contributed by atoms with Crippen molar-refractivity contribution in [3.05, 3.63) is 0 Å². The van der Waals surface area contributed by atoms with Gasteiger partial charge in [-0.15, -0.1) is 0 Å². The predicted molar refractivity (Wildman–Crippen MR) is 141 cm³/mol. The third kappa shape index (κ3) is 15.2. The van der Waals surface area contributed by atoms with E-state index in [4.69, 9.17) is 78.3 Å². The molecule has 19 N–H and O–H groups in total. The summed E-state index contributed by atoms with van der Waals surface area (Å²) in [6, 6.07) is 0. The highest BCUT2D eigenvalue weighted by Gasteiger charge is 2.59. The van der Waals surface area contributed by atoms with Crippen LogP contribution in [-0.4, -0.2) is 123 Å². The summed E-state index contributed by atoms with van der Waals surface area (Å²) >= 11 is 0. The first-order valence-corrected chi connectivity index (χ1v) is 23.3. The third-order valence-corrected chi connectivity index (χ3v) is 18.7. The second kappa shape index (κ2) is 16.0. The Kier molecular flexibility index (Phi) is 18.0. The van der Waals surface area contributed by atoms with Crippen LogP contribution in [0.5, 0.6) is 0 Å². The van der Waals surface area contributed by atoms with Crippen LogP contribution in [0.1, 0.15) is 13.8 Å². The summed E-state index contributed by atoms with van der Waals surface area (Å²) in [5.41, 5.74) is -12.4. The van der Waals surface area contributed by atoms with Gasteiger partial charge >= 0.3 is 60.8 Å². The molecule has 264 valence electrons. The first kappa shape index (κ1) is 48.5. The minimum absolute atomic E-state index is 0. The molecule has 0 aliphatic rings. The van der Waals surface area contributed by atoms with Crippen molar-refractivity contribution in [1.29, 1.82) is 0 Å². The molecule has 0 saturated heterocycles. The van der Waals surface area contributed by atoms with Gasteiger partial charge in [0.05, 0.1) is 0 Å². The quantitative estimate of drug-likeness (QED) is 0.0796. The summed E-state index contributed by atoms with van der Waals surface area (Å²) in [4.78, 5) is 143. The SMILES string of the molecule is CCN(C(P(=O)(O)O)P(=O)(O)O)C(P(=O)(O)O)P(=O)(O)O.CCN(C(P(=O)(O)O)P(=O)(O)O)C(P(=O)(O)O)P(=O)(O)O.N. The van der Waals surface area contributed by atoms with Crippen LogP contribution in [0.15, 0.2) is 0 Å². The van der Waals surface area contributed by atoms with E-state index in [2.05, 4.69) is 0 Å². The van der Waals surface area contributed by atoms with Gasteiger partial charge in [0, 0.05) is 0 Å².